The van der Waals surface area contributed by atoms with Gasteiger partial charge in [-0.05, 0) is 48.8 Å². The minimum Gasteiger partial charge on any atom is -0.393 e. The van der Waals surface area contributed by atoms with E-state index in [4.69, 9.17) is 0 Å². The first-order valence-corrected chi connectivity index (χ1v) is 9.29. The minimum absolute atomic E-state index is 0.0886. The first-order chi connectivity index (χ1) is 10.3. The molecule has 0 amide bonds. The number of aliphatic hydroxyl groups excluding tert-OH is 1. The smallest absolute Gasteiger partial charge is 0.0564 e. The summed E-state index contributed by atoms with van der Waals surface area (Å²) in [7, 11) is 0. The van der Waals surface area contributed by atoms with E-state index in [-0.39, 0.29) is 6.10 Å². The Balaban J connectivity index is 1.61. The molecule has 0 radical (unpaired) electrons. The molecule has 1 aromatic rings. The maximum absolute atomic E-state index is 9.62. The first kappa shape index (κ1) is 15.2. The third-order valence-electron chi connectivity index (χ3n) is 4.55. The number of thioether (sulfide) groups is 1. The highest BCUT2D eigenvalue weighted by molar-refractivity contribution is 7.99. The van der Waals surface area contributed by atoms with Gasteiger partial charge in [0.05, 0.1) is 6.10 Å². The molecule has 0 atom stereocenters. The number of anilines is 1. The molecule has 0 bridgehead atoms. The summed E-state index contributed by atoms with van der Waals surface area (Å²) in [6.45, 7) is 3.02. The van der Waals surface area contributed by atoms with Crippen LogP contribution in [0.5, 0.6) is 0 Å². The summed E-state index contributed by atoms with van der Waals surface area (Å²) in [5, 5.41) is 13.4. The number of likely N-dealkylation sites (tertiary alicyclic amines) is 1. The summed E-state index contributed by atoms with van der Waals surface area (Å²) in [6.07, 6.45) is 4.28. The first-order valence-electron chi connectivity index (χ1n) is 8.14. The predicted molar refractivity (Wildman–Crippen MR) is 90.9 cm³/mol. The van der Waals surface area contributed by atoms with Crippen molar-refractivity contribution in [1.29, 1.82) is 0 Å². The van der Waals surface area contributed by atoms with Gasteiger partial charge in [-0.3, -0.25) is 4.90 Å². The molecule has 2 fully saturated rings. The summed E-state index contributed by atoms with van der Waals surface area (Å²) < 4.78 is 0. The van der Waals surface area contributed by atoms with E-state index in [1.165, 1.54) is 35.6 Å². The van der Waals surface area contributed by atoms with E-state index in [9.17, 15) is 5.11 Å². The second-order valence-electron chi connectivity index (χ2n) is 6.20. The van der Waals surface area contributed by atoms with Crippen molar-refractivity contribution in [2.45, 2.75) is 44.4 Å². The third-order valence-corrected chi connectivity index (χ3v) is 5.60. The summed E-state index contributed by atoms with van der Waals surface area (Å²) in [5.41, 5.74) is 2.70. The van der Waals surface area contributed by atoms with Crippen molar-refractivity contribution in [3.05, 3.63) is 29.8 Å². The average molecular weight is 306 g/mol. The lowest BCUT2D eigenvalue weighted by Crippen LogP contribution is -2.35. The van der Waals surface area contributed by atoms with Crippen LogP contribution in [-0.4, -0.2) is 46.7 Å². The highest BCUT2D eigenvalue weighted by Crippen LogP contribution is 2.24. The van der Waals surface area contributed by atoms with Crippen molar-refractivity contribution in [3.8, 4) is 0 Å². The van der Waals surface area contributed by atoms with Crippen LogP contribution in [0.1, 0.15) is 31.2 Å². The van der Waals surface area contributed by atoms with E-state index >= 15 is 0 Å². The van der Waals surface area contributed by atoms with Gasteiger partial charge >= 0.3 is 0 Å². The molecule has 2 saturated heterocycles. The standard InChI is InChI=1S/C17H26N2OS/c20-16-5-9-19(10-6-16)13-14-3-1-2-4-17(14)18-15-7-11-21-12-8-15/h1-4,15-16,18,20H,5-13H2. The van der Waals surface area contributed by atoms with E-state index in [1.54, 1.807) is 0 Å². The lowest BCUT2D eigenvalue weighted by molar-refractivity contribution is 0.0793. The van der Waals surface area contributed by atoms with Gasteiger partial charge in [-0.25, -0.2) is 0 Å². The Hall–Kier alpha value is -0.710. The maximum Gasteiger partial charge on any atom is 0.0564 e. The number of aliphatic hydroxyl groups is 1. The maximum atomic E-state index is 9.62. The Kier molecular flexibility index (Phi) is 5.44. The van der Waals surface area contributed by atoms with Gasteiger partial charge < -0.3 is 10.4 Å². The number of nitrogens with one attached hydrogen (secondary N) is 1. The fourth-order valence-electron chi connectivity index (χ4n) is 3.18. The number of hydrogen-bond donors (Lipinski definition) is 2. The zero-order chi connectivity index (χ0) is 14.5. The van der Waals surface area contributed by atoms with Gasteiger partial charge in [0.15, 0.2) is 0 Å². The van der Waals surface area contributed by atoms with E-state index in [2.05, 4.69) is 46.2 Å². The van der Waals surface area contributed by atoms with Crippen molar-refractivity contribution in [1.82, 2.24) is 4.90 Å². The Morgan fingerprint density at radius 3 is 2.57 bits per heavy atom. The molecule has 0 saturated carbocycles. The molecule has 2 heterocycles. The lowest BCUT2D eigenvalue weighted by Gasteiger charge is -2.31. The molecule has 0 unspecified atom stereocenters. The number of hydrogen-bond acceptors (Lipinski definition) is 4. The van der Waals surface area contributed by atoms with Gasteiger partial charge in [-0.1, -0.05) is 18.2 Å². The molecule has 2 aliphatic rings. The fraction of sp³-hybridized carbons (Fsp3) is 0.647. The summed E-state index contributed by atoms with van der Waals surface area (Å²) in [5.74, 6) is 2.56. The number of para-hydroxylation sites is 1. The second-order valence-corrected chi connectivity index (χ2v) is 7.42. The molecular formula is C17H26N2OS. The second kappa shape index (κ2) is 7.52. The number of piperidine rings is 1. The van der Waals surface area contributed by atoms with Crippen molar-refractivity contribution >= 4 is 17.4 Å². The molecular weight excluding hydrogens is 280 g/mol. The number of nitrogens with zero attached hydrogens (tertiary/aromatic N) is 1. The van der Waals surface area contributed by atoms with E-state index < -0.39 is 0 Å². The van der Waals surface area contributed by atoms with Crippen molar-refractivity contribution in [3.63, 3.8) is 0 Å². The fourth-order valence-corrected chi connectivity index (χ4v) is 4.29. The third kappa shape index (κ3) is 4.38. The van der Waals surface area contributed by atoms with E-state index in [0.717, 1.165) is 32.5 Å². The van der Waals surface area contributed by atoms with Gasteiger partial charge in [0.25, 0.3) is 0 Å². The SMILES string of the molecule is OC1CCN(Cc2ccccc2NC2CCSCC2)CC1. The van der Waals surface area contributed by atoms with Gasteiger partial charge in [0.1, 0.15) is 0 Å². The van der Waals surface area contributed by atoms with Crippen LogP contribution in [-0.2, 0) is 6.54 Å². The predicted octanol–water partition coefficient (Wildman–Crippen LogP) is 2.95. The highest BCUT2D eigenvalue weighted by atomic mass is 32.2. The Morgan fingerprint density at radius 1 is 1.10 bits per heavy atom. The van der Waals surface area contributed by atoms with Crippen molar-refractivity contribution in [2.75, 3.05) is 29.9 Å². The van der Waals surface area contributed by atoms with Crippen molar-refractivity contribution in [2.24, 2.45) is 0 Å². The Bertz CT molecular complexity index is 440. The number of benzene rings is 1. The quantitative estimate of drug-likeness (QED) is 0.896. The Labute approximate surface area is 132 Å². The van der Waals surface area contributed by atoms with Crippen molar-refractivity contribution < 1.29 is 5.11 Å². The molecule has 1 aromatic carbocycles. The van der Waals surface area contributed by atoms with Gasteiger partial charge in [-0.2, -0.15) is 11.8 Å². The zero-order valence-electron chi connectivity index (χ0n) is 12.6. The highest BCUT2D eigenvalue weighted by Gasteiger charge is 2.19. The molecule has 0 spiro atoms. The molecule has 116 valence electrons. The molecule has 2 aliphatic heterocycles. The van der Waals surface area contributed by atoms with Crippen LogP contribution in [0.2, 0.25) is 0 Å². The monoisotopic (exact) mass is 306 g/mol. The molecule has 21 heavy (non-hydrogen) atoms. The molecule has 4 heteroatoms. The molecule has 0 aliphatic carbocycles. The van der Waals surface area contributed by atoms with E-state index in [1.807, 2.05) is 0 Å². The largest absolute Gasteiger partial charge is 0.393 e. The Morgan fingerprint density at radius 2 is 1.81 bits per heavy atom. The summed E-state index contributed by atoms with van der Waals surface area (Å²) >= 11 is 2.07. The van der Waals surface area contributed by atoms with Crippen LogP contribution >= 0.6 is 11.8 Å². The normalized spacial score (nSPS) is 22.3. The zero-order valence-corrected chi connectivity index (χ0v) is 13.4. The summed E-state index contributed by atoms with van der Waals surface area (Å²) in [4.78, 5) is 2.46. The molecule has 3 nitrogen and oxygen atoms in total. The lowest BCUT2D eigenvalue weighted by atomic mass is 10.1. The van der Waals surface area contributed by atoms with Crippen LogP contribution in [0.15, 0.2) is 24.3 Å². The minimum atomic E-state index is -0.0886. The van der Waals surface area contributed by atoms with Gasteiger partial charge in [0, 0.05) is 31.4 Å². The van der Waals surface area contributed by atoms with Crippen LogP contribution in [0.4, 0.5) is 5.69 Å². The number of rotatable bonds is 4. The van der Waals surface area contributed by atoms with Crippen LogP contribution < -0.4 is 5.32 Å². The molecule has 2 N–H and O–H groups in total. The topological polar surface area (TPSA) is 35.5 Å². The van der Waals surface area contributed by atoms with Crippen LogP contribution in [0.3, 0.4) is 0 Å². The van der Waals surface area contributed by atoms with E-state index in [0.29, 0.717) is 6.04 Å². The van der Waals surface area contributed by atoms with Crippen LogP contribution in [0.25, 0.3) is 0 Å². The van der Waals surface area contributed by atoms with Gasteiger partial charge in [-0.15, -0.1) is 0 Å². The average Bonchev–Trinajstić information content (AvgIpc) is 2.52. The van der Waals surface area contributed by atoms with Gasteiger partial charge in [0.2, 0.25) is 0 Å². The summed E-state index contributed by atoms with van der Waals surface area (Å²) in [6, 6.07) is 9.36. The molecule has 3 rings (SSSR count). The molecule has 0 aromatic heterocycles. The van der Waals surface area contributed by atoms with Crippen LogP contribution in [0, 0.1) is 0 Å².